The lowest BCUT2D eigenvalue weighted by atomic mass is 10.2. The monoisotopic (exact) mass is 284 g/mol. The molecule has 0 aliphatic carbocycles. The van der Waals surface area contributed by atoms with Gasteiger partial charge in [0, 0.05) is 12.2 Å². The third-order valence-electron chi connectivity index (χ3n) is 2.91. The molecule has 1 amide bonds. The first-order chi connectivity index (χ1) is 10.3. The van der Waals surface area contributed by atoms with Gasteiger partial charge < -0.3 is 15.4 Å². The minimum Gasteiger partial charge on any atom is -0.484 e. The highest BCUT2D eigenvalue weighted by atomic mass is 16.5. The van der Waals surface area contributed by atoms with Crippen LogP contribution in [0.1, 0.15) is 12.5 Å². The number of nitrogens with one attached hydrogen (secondary N) is 2. The summed E-state index contributed by atoms with van der Waals surface area (Å²) in [5.41, 5.74) is 1.91. The maximum absolute atomic E-state index is 11.8. The van der Waals surface area contributed by atoms with Gasteiger partial charge in [0.15, 0.2) is 6.61 Å². The first-order valence-electron chi connectivity index (χ1n) is 7.05. The van der Waals surface area contributed by atoms with Crippen molar-refractivity contribution >= 4 is 11.6 Å². The topological polar surface area (TPSA) is 50.4 Å². The molecule has 2 aromatic rings. The number of para-hydroxylation sites is 1. The highest BCUT2D eigenvalue weighted by Gasteiger charge is 2.04. The third kappa shape index (κ3) is 5.28. The van der Waals surface area contributed by atoms with Crippen LogP contribution in [-0.2, 0) is 11.3 Å². The van der Waals surface area contributed by atoms with Gasteiger partial charge in [0.25, 0.3) is 5.91 Å². The predicted octanol–water partition coefficient (Wildman–Crippen LogP) is 2.81. The number of ether oxygens (including phenoxy) is 1. The fourth-order valence-corrected chi connectivity index (χ4v) is 1.88. The van der Waals surface area contributed by atoms with E-state index in [2.05, 4.69) is 17.6 Å². The van der Waals surface area contributed by atoms with Crippen LogP contribution in [0.3, 0.4) is 0 Å². The Hall–Kier alpha value is -2.33. The van der Waals surface area contributed by atoms with Gasteiger partial charge >= 0.3 is 0 Å². The smallest absolute Gasteiger partial charge is 0.262 e. The molecule has 4 heteroatoms. The first kappa shape index (κ1) is 15.1. The lowest BCUT2D eigenvalue weighted by Gasteiger charge is -2.09. The Balaban J connectivity index is 1.83. The van der Waals surface area contributed by atoms with Gasteiger partial charge in [0.2, 0.25) is 0 Å². The van der Waals surface area contributed by atoms with Crippen LogP contribution in [0.15, 0.2) is 54.6 Å². The Kier molecular flexibility index (Phi) is 5.79. The van der Waals surface area contributed by atoms with Crippen molar-refractivity contribution in [2.75, 3.05) is 18.5 Å². The molecule has 110 valence electrons. The van der Waals surface area contributed by atoms with Crippen LogP contribution in [0.2, 0.25) is 0 Å². The lowest BCUT2D eigenvalue weighted by molar-refractivity contribution is -0.118. The summed E-state index contributed by atoms with van der Waals surface area (Å²) in [4.78, 5) is 11.8. The number of carbonyl (C=O) groups excluding carboxylic acids is 1. The van der Waals surface area contributed by atoms with E-state index in [0.29, 0.717) is 5.75 Å². The molecule has 0 saturated heterocycles. The van der Waals surface area contributed by atoms with Crippen molar-refractivity contribution in [1.82, 2.24) is 5.32 Å². The molecule has 0 spiro atoms. The summed E-state index contributed by atoms with van der Waals surface area (Å²) in [5.74, 6) is 0.534. The van der Waals surface area contributed by atoms with E-state index >= 15 is 0 Å². The molecular weight excluding hydrogens is 264 g/mol. The molecule has 0 unspecified atom stereocenters. The molecule has 0 bridgehead atoms. The average Bonchev–Trinajstić information content (AvgIpc) is 2.52. The molecule has 2 rings (SSSR count). The minimum atomic E-state index is -0.168. The summed E-state index contributed by atoms with van der Waals surface area (Å²) in [6.07, 6.45) is 0. The van der Waals surface area contributed by atoms with E-state index < -0.39 is 0 Å². The van der Waals surface area contributed by atoms with Gasteiger partial charge in [0.1, 0.15) is 5.75 Å². The minimum absolute atomic E-state index is 0.000442. The summed E-state index contributed by atoms with van der Waals surface area (Å²) in [5, 5.41) is 6.04. The largest absolute Gasteiger partial charge is 0.484 e. The van der Waals surface area contributed by atoms with E-state index in [9.17, 15) is 4.79 Å². The van der Waals surface area contributed by atoms with E-state index in [1.165, 1.54) is 0 Å². The molecule has 0 atom stereocenters. The van der Waals surface area contributed by atoms with Crippen LogP contribution >= 0.6 is 0 Å². The molecule has 0 fully saturated rings. The second-order valence-electron chi connectivity index (χ2n) is 4.63. The Bertz CT molecular complexity index is 570. The molecule has 0 aliphatic rings. The number of amides is 1. The second kappa shape index (κ2) is 8.07. The van der Waals surface area contributed by atoms with Gasteiger partial charge in [0.05, 0.1) is 0 Å². The van der Waals surface area contributed by atoms with E-state index in [0.717, 1.165) is 24.3 Å². The highest BCUT2D eigenvalue weighted by molar-refractivity contribution is 5.91. The van der Waals surface area contributed by atoms with Crippen molar-refractivity contribution in [1.29, 1.82) is 0 Å². The number of hydrogen-bond acceptors (Lipinski definition) is 3. The van der Waals surface area contributed by atoms with Crippen LogP contribution in [0.4, 0.5) is 5.69 Å². The highest BCUT2D eigenvalue weighted by Crippen LogP contribution is 2.13. The SMILES string of the molecule is CCNCc1cccc(OCC(=O)Nc2ccccc2)c1. The molecule has 0 saturated carbocycles. The number of benzene rings is 2. The molecular formula is C17H20N2O2. The zero-order chi connectivity index (χ0) is 14.9. The van der Waals surface area contributed by atoms with E-state index in [4.69, 9.17) is 4.74 Å². The molecule has 21 heavy (non-hydrogen) atoms. The van der Waals surface area contributed by atoms with Crippen molar-refractivity contribution < 1.29 is 9.53 Å². The summed E-state index contributed by atoms with van der Waals surface area (Å²) in [7, 11) is 0. The molecule has 0 aromatic heterocycles. The van der Waals surface area contributed by atoms with E-state index in [1.54, 1.807) is 0 Å². The van der Waals surface area contributed by atoms with Gasteiger partial charge in [-0.2, -0.15) is 0 Å². The van der Waals surface area contributed by atoms with Crippen LogP contribution in [0.5, 0.6) is 5.75 Å². The predicted molar refractivity (Wildman–Crippen MR) is 84.4 cm³/mol. The summed E-state index contributed by atoms with van der Waals surface area (Å²) in [6.45, 7) is 3.78. The summed E-state index contributed by atoms with van der Waals surface area (Å²) >= 11 is 0. The maximum atomic E-state index is 11.8. The fourth-order valence-electron chi connectivity index (χ4n) is 1.88. The van der Waals surface area contributed by atoms with Crippen molar-refractivity contribution in [2.24, 2.45) is 0 Å². The first-order valence-corrected chi connectivity index (χ1v) is 7.05. The third-order valence-corrected chi connectivity index (χ3v) is 2.91. The molecule has 2 N–H and O–H groups in total. The number of anilines is 1. The van der Waals surface area contributed by atoms with Crippen molar-refractivity contribution in [3.05, 3.63) is 60.2 Å². The van der Waals surface area contributed by atoms with Gasteiger partial charge in [-0.3, -0.25) is 4.79 Å². The maximum Gasteiger partial charge on any atom is 0.262 e. The fraction of sp³-hybridized carbons (Fsp3) is 0.235. The summed E-state index contributed by atoms with van der Waals surface area (Å²) in [6, 6.07) is 17.1. The van der Waals surface area contributed by atoms with Gasteiger partial charge in [-0.1, -0.05) is 37.3 Å². The quantitative estimate of drug-likeness (QED) is 0.822. The molecule has 4 nitrogen and oxygen atoms in total. The second-order valence-corrected chi connectivity index (χ2v) is 4.63. The number of carbonyl (C=O) groups is 1. The molecule has 0 heterocycles. The normalized spacial score (nSPS) is 10.1. The lowest BCUT2D eigenvalue weighted by Crippen LogP contribution is -2.20. The zero-order valence-corrected chi connectivity index (χ0v) is 12.1. The van der Waals surface area contributed by atoms with Crippen LogP contribution in [0.25, 0.3) is 0 Å². The zero-order valence-electron chi connectivity index (χ0n) is 12.1. The Morgan fingerprint density at radius 3 is 2.67 bits per heavy atom. The molecule has 0 radical (unpaired) electrons. The average molecular weight is 284 g/mol. The van der Waals surface area contributed by atoms with E-state index in [-0.39, 0.29) is 12.5 Å². The number of rotatable bonds is 7. The standard InChI is InChI=1S/C17H20N2O2/c1-2-18-12-14-7-6-10-16(11-14)21-13-17(20)19-15-8-4-3-5-9-15/h3-11,18H,2,12-13H2,1H3,(H,19,20). The Labute approximate surface area is 125 Å². The summed E-state index contributed by atoms with van der Waals surface area (Å²) < 4.78 is 5.52. The van der Waals surface area contributed by atoms with Crippen LogP contribution in [-0.4, -0.2) is 19.1 Å². The van der Waals surface area contributed by atoms with Crippen molar-refractivity contribution in [2.45, 2.75) is 13.5 Å². The molecule has 2 aromatic carbocycles. The van der Waals surface area contributed by atoms with E-state index in [1.807, 2.05) is 54.6 Å². The van der Waals surface area contributed by atoms with Crippen molar-refractivity contribution in [3.63, 3.8) is 0 Å². The van der Waals surface area contributed by atoms with Crippen LogP contribution in [0, 0.1) is 0 Å². The van der Waals surface area contributed by atoms with Gasteiger partial charge in [-0.05, 0) is 36.4 Å². The van der Waals surface area contributed by atoms with Gasteiger partial charge in [-0.15, -0.1) is 0 Å². The molecule has 0 aliphatic heterocycles. The number of hydrogen-bond donors (Lipinski definition) is 2. The van der Waals surface area contributed by atoms with Gasteiger partial charge in [-0.25, -0.2) is 0 Å². The Morgan fingerprint density at radius 2 is 1.90 bits per heavy atom. The van der Waals surface area contributed by atoms with Crippen molar-refractivity contribution in [3.8, 4) is 5.75 Å². The Morgan fingerprint density at radius 1 is 1.10 bits per heavy atom. The van der Waals surface area contributed by atoms with Crippen LogP contribution < -0.4 is 15.4 Å².